The zero-order valence-electron chi connectivity index (χ0n) is 13.4. The highest BCUT2D eigenvalue weighted by molar-refractivity contribution is 6.40. The first kappa shape index (κ1) is 16.6. The van der Waals surface area contributed by atoms with Crippen LogP contribution in [0.25, 0.3) is 22.7 Å². The van der Waals surface area contributed by atoms with Gasteiger partial charge in [0.05, 0.1) is 5.02 Å². The molecule has 0 amide bonds. The number of carbonyl (C=O) groups excluding carboxylic acids is 1. The van der Waals surface area contributed by atoms with E-state index in [1.807, 2.05) is 30.5 Å². The third-order valence-corrected chi connectivity index (χ3v) is 4.54. The van der Waals surface area contributed by atoms with Crippen LogP contribution in [-0.4, -0.2) is 25.5 Å². The summed E-state index contributed by atoms with van der Waals surface area (Å²) in [4.78, 5) is 20.3. The lowest BCUT2D eigenvalue weighted by Crippen LogP contribution is -2.10. The lowest BCUT2D eigenvalue weighted by atomic mass is 10.1. The van der Waals surface area contributed by atoms with Gasteiger partial charge in [-0.1, -0.05) is 41.4 Å². The second-order valence-corrected chi connectivity index (χ2v) is 6.46. The second kappa shape index (κ2) is 6.78. The number of para-hydroxylation sites is 1. The van der Waals surface area contributed by atoms with Crippen molar-refractivity contribution in [2.45, 2.75) is 0 Å². The van der Waals surface area contributed by atoms with E-state index < -0.39 is 0 Å². The van der Waals surface area contributed by atoms with Crippen LogP contribution >= 0.6 is 23.2 Å². The van der Waals surface area contributed by atoms with Crippen molar-refractivity contribution < 1.29 is 4.79 Å². The van der Waals surface area contributed by atoms with Crippen molar-refractivity contribution in [2.75, 3.05) is 0 Å². The predicted octanol–water partition coefficient (Wildman–Crippen LogP) is 4.95. The van der Waals surface area contributed by atoms with E-state index in [0.29, 0.717) is 16.3 Å². The number of fused-ring (bicyclic) bond motifs is 1. The SMILES string of the molecule is O=C(C(=Cc1c[nH]c2ccccc12)n1cncn1)c1ccc(Cl)cc1Cl. The number of halogens is 2. The number of nitrogens with one attached hydrogen (secondary N) is 1. The van der Waals surface area contributed by atoms with Crippen LogP contribution in [0.4, 0.5) is 0 Å². The topological polar surface area (TPSA) is 63.6 Å². The highest BCUT2D eigenvalue weighted by Crippen LogP contribution is 2.27. The molecule has 0 aliphatic carbocycles. The molecular formula is C19H12Cl2N4O. The van der Waals surface area contributed by atoms with E-state index in [4.69, 9.17) is 23.2 Å². The molecule has 4 aromatic rings. The Bertz CT molecular complexity index is 1130. The molecule has 5 nitrogen and oxygen atoms in total. The molecule has 0 aliphatic heterocycles. The van der Waals surface area contributed by atoms with Crippen molar-refractivity contribution in [2.24, 2.45) is 0 Å². The van der Waals surface area contributed by atoms with Crippen molar-refractivity contribution in [3.05, 3.63) is 82.5 Å². The fourth-order valence-electron chi connectivity index (χ4n) is 2.74. The molecule has 0 spiro atoms. The highest BCUT2D eigenvalue weighted by Gasteiger charge is 2.19. The maximum Gasteiger partial charge on any atom is 0.212 e. The Hall–Kier alpha value is -2.89. The molecule has 2 aromatic heterocycles. The van der Waals surface area contributed by atoms with Crippen LogP contribution in [0.1, 0.15) is 15.9 Å². The Morgan fingerprint density at radius 2 is 2.00 bits per heavy atom. The summed E-state index contributed by atoms with van der Waals surface area (Å²) in [5, 5.41) is 5.86. The molecular weight excluding hydrogens is 371 g/mol. The van der Waals surface area contributed by atoms with E-state index in [1.165, 1.54) is 17.3 Å². The smallest absolute Gasteiger partial charge is 0.212 e. The third kappa shape index (κ3) is 3.03. The Labute approximate surface area is 158 Å². The Morgan fingerprint density at radius 1 is 1.15 bits per heavy atom. The number of H-pyrrole nitrogens is 1. The molecule has 0 unspecified atom stereocenters. The van der Waals surface area contributed by atoms with Crippen molar-refractivity contribution >= 4 is 51.7 Å². The highest BCUT2D eigenvalue weighted by atomic mass is 35.5. The molecule has 128 valence electrons. The number of Topliss-reactive ketones (excluding diaryl/α,β-unsaturated/α-hetero) is 1. The Kier molecular flexibility index (Phi) is 4.32. The van der Waals surface area contributed by atoms with Gasteiger partial charge in [0, 0.05) is 33.2 Å². The Morgan fingerprint density at radius 3 is 2.77 bits per heavy atom. The fourth-order valence-corrected chi connectivity index (χ4v) is 3.23. The number of hydrogen-bond donors (Lipinski definition) is 1. The van der Waals surface area contributed by atoms with Gasteiger partial charge in [-0.15, -0.1) is 0 Å². The largest absolute Gasteiger partial charge is 0.361 e. The van der Waals surface area contributed by atoms with Gasteiger partial charge < -0.3 is 4.98 Å². The average molecular weight is 383 g/mol. The quantitative estimate of drug-likeness (QED) is 0.401. The number of carbonyl (C=O) groups is 1. The summed E-state index contributed by atoms with van der Waals surface area (Å²) in [6.45, 7) is 0. The summed E-state index contributed by atoms with van der Waals surface area (Å²) in [7, 11) is 0. The van der Waals surface area contributed by atoms with Crippen LogP contribution in [0.3, 0.4) is 0 Å². The van der Waals surface area contributed by atoms with E-state index in [1.54, 1.807) is 24.3 Å². The standard InChI is InChI=1S/C19H12Cl2N4O/c20-13-5-6-15(16(21)8-13)19(26)18(25-11-22-10-24-25)7-12-9-23-17-4-2-1-3-14(12)17/h1-11,23H. The number of ketones is 1. The van der Waals surface area contributed by atoms with Gasteiger partial charge in [-0.3, -0.25) is 4.79 Å². The van der Waals surface area contributed by atoms with E-state index in [-0.39, 0.29) is 10.8 Å². The van der Waals surface area contributed by atoms with Crippen LogP contribution in [0.2, 0.25) is 10.0 Å². The van der Waals surface area contributed by atoms with E-state index in [0.717, 1.165) is 16.5 Å². The molecule has 2 heterocycles. The van der Waals surface area contributed by atoms with Gasteiger partial charge >= 0.3 is 0 Å². The number of benzene rings is 2. The molecule has 0 atom stereocenters. The molecule has 26 heavy (non-hydrogen) atoms. The number of aromatic amines is 1. The molecule has 7 heteroatoms. The van der Waals surface area contributed by atoms with Gasteiger partial charge in [-0.2, -0.15) is 5.10 Å². The van der Waals surface area contributed by atoms with Crippen molar-refractivity contribution in [3.63, 3.8) is 0 Å². The summed E-state index contributed by atoms with van der Waals surface area (Å²) in [5.74, 6) is -0.276. The van der Waals surface area contributed by atoms with E-state index in [2.05, 4.69) is 15.1 Å². The van der Waals surface area contributed by atoms with Crippen molar-refractivity contribution in [1.29, 1.82) is 0 Å². The molecule has 4 rings (SSSR count). The van der Waals surface area contributed by atoms with Gasteiger partial charge in [0.15, 0.2) is 0 Å². The first-order chi connectivity index (χ1) is 12.6. The molecule has 0 bridgehead atoms. The minimum Gasteiger partial charge on any atom is -0.361 e. The van der Waals surface area contributed by atoms with Crippen LogP contribution < -0.4 is 0 Å². The van der Waals surface area contributed by atoms with E-state index >= 15 is 0 Å². The van der Waals surface area contributed by atoms with Gasteiger partial charge in [0.2, 0.25) is 5.78 Å². The number of allylic oxidation sites excluding steroid dienone is 1. The maximum absolute atomic E-state index is 13.1. The molecule has 0 saturated heterocycles. The summed E-state index contributed by atoms with van der Waals surface area (Å²) in [5.41, 5.74) is 2.52. The van der Waals surface area contributed by atoms with Gasteiger partial charge in [-0.05, 0) is 30.3 Å². The minimum absolute atomic E-state index is 0.276. The molecule has 0 aliphatic rings. The Balaban J connectivity index is 1.87. The summed E-state index contributed by atoms with van der Waals surface area (Å²) in [6.07, 6.45) is 6.46. The lowest BCUT2D eigenvalue weighted by Gasteiger charge is -2.08. The maximum atomic E-state index is 13.1. The van der Waals surface area contributed by atoms with Gasteiger partial charge in [-0.25, -0.2) is 9.67 Å². The second-order valence-electron chi connectivity index (χ2n) is 5.61. The van der Waals surface area contributed by atoms with Crippen LogP contribution in [0, 0.1) is 0 Å². The molecule has 1 N–H and O–H groups in total. The van der Waals surface area contributed by atoms with Crippen LogP contribution in [0.15, 0.2) is 61.3 Å². The summed E-state index contributed by atoms with van der Waals surface area (Å²) < 4.78 is 1.43. The summed E-state index contributed by atoms with van der Waals surface area (Å²) in [6, 6.07) is 12.6. The fraction of sp³-hybridized carbons (Fsp3) is 0. The van der Waals surface area contributed by atoms with Crippen LogP contribution in [0.5, 0.6) is 0 Å². The van der Waals surface area contributed by atoms with Gasteiger partial charge in [0.1, 0.15) is 18.4 Å². The molecule has 0 radical (unpaired) electrons. The minimum atomic E-state index is -0.276. The zero-order valence-corrected chi connectivity index (χ0v) is 14.9. The van der Waals surface area contributed by atoms with Crippen molar-refractivity contribution in [3.8, 4) is 0 Å². The summed E-state index contributed by atoms with van der Waals surface area (Å²) >= 11 is 12.2. The van der Waals surface area contributed by atoms with E-state index in [9.17, 15) is 4.79 Å². The zero-order chi connectivity index (χ0) is 18.1. The normalized spacial score (nSPS) is 11.8. The third-order valence-electron chi connectivity index (χ3n) is 3.99. The molecule has 0 saturated carbocycles. The average Bonchev–Trinajstić information content (AvgIpc) is 3.29. The van der Waals surface area contributed by atoms with Crippen LogP contribution in [-0.2, 0) is 0 Å². The monoisotopic (exact) mass is 382 g/mol. The van der Waals surface area contributed by atoms with Crippen molar-refractivity contribution in [1.82, 2.24) is 19.7 Å². The number of aromatic nitrogens is 4. The first-order valence-electron chi connectivity index (χ1n) is 7.76. The lowest BCUT2D eigenvalue weighted by molar-refractivity contribution is 0.105. The number of nitrogens with zero attached hydrogens (tertiary/aromatic N) is 3. The molecule has 2 aromatic carbocycles. The predicted molar refractivity (Wildman–Crippen MR) is 103 cm³/mol. The molecule has 0 fully saturated rings. The first-order valence-corrected chi connectivity index (χ1v) is 8.51. The number of hydrogen-bond acceptors (Lipinski definition) is 3. The van der Waals surface area contributed by atoms with Gasteiger partial charge in [0.25, 0.3) is 0 Å². The number of rotatable bonds is 4.